The van der Waals surface area contributed by atoms with Crippen LogP contribution in [0.4, 0.5) is 10.8 Å². The van der Waals surface area contributed by atoms with Crippen molar-refractivity contribution in [1.29, 1.82) is 0 Å². The molecule has 1 heterocycles. The smallest absolute Gasteiger partial charge is 0.234 e. The first kappa shape index (κ1) is 20.3. The van der Waals surface area contributed by atoms with E-state index in [-0.39, 0.29) is 11.8 Å². The molecule has 0 atom stereocenters. The number of benzene rings is 1. The van der Waals surface area contributed by atoms with E-state index < -0.39 is 0 Å². The van der Waals surface area contributed by atoms with Crippen LogP contribution in [0.25, 0.3) is 0 Å². The first-order chi connectivity index (χ1) is 12.5. The van der Waals surface area contributed by atoms with Crippen LogP contribution in [0.15, 0.2) is 29.6 Å². The summed E-state index contributed by atoms with van der Waals surface area (Å²) in [5.74, 6) is 1.92. The lowest BCUT2D eigenvalue weighted by atomic mass is 10.1. The lowest BCUT2D eigenvalue weighted by Crippen LogP contribution is -2.14. The van der Waals surface area contributed by atoms with E-state index in [1.807, 2.05) is 19.2 Å². The standard InChI is InChI=1S/C18H23N3O3S2/c1-12(2)8-16(22)21-18-20-14(10-26-18)9-25-11-17(23)19-13-4-6-15(24-3)7-5-13/h4-7,10,12H,8-9,11H2,1-3H3,(H,19,23)(H,20,21,22). The highest BCUT2D eigenvalue weighted by molar-refractivity contribution is 7.99. The third-order valence-electron chi connectivity index (χ3n) is 3.25. The van der Waals surface area contributed by atoms with Gasteiger partial charge in [0.2, 0.25) is 11.8 Å². The maximum atomic E-state index is 12.0. The van der Waals surface area contributed by atoms with Gasteiger partial charge in [0.15, 0.2) is 5.13 Å². The van der Waals surface area contributed by atoms with Crippen LogP contribution in [0, 0.1) is 5.92 Å². The fourth-order valence-corrected chi connectivity index (χ4v) is 3.64. The molecule has 0 unspecified atom stereocenters. The summed E-state index contributed by atoms with van der Waals surface area (Å²) >= 11 is 2.88. The van der Waals surface area contributed by atoms with Gasteiger partial charge in [-0.3, -0.25) is 9.59 Å². The van der Waals surface area contributed by atoms with Gasteiger partial charge in [-0.15, -0.1) is 23.1 Å². The van der Waals surface area contributed by atoms with Crippen LogP contribution in [0.1, 0.15) is 26.0 Å². The zero-order valence-electron chi connectivity index (χ0n) is 15.1. The topological polar surface area (TPSA) is 80.3 Å². The molecule has 0 radical (unpaired) electrons. The summed E-state index contributed by atoms with van der Waals surface area (Å²) < 4.78 is 5.08. The first-order valence-corrected chi connectivity index (χ1v) is 10.3. The number of nitrogens with one attached hydrogen (secondary N) is 2. The van der Waals surface area contributed by atoms with Crippen LogP contribution in [0.2, 0.25) is 0 Å². The number of ether oxygens (including phenoxy) is 1. The maximum absolute atomic E-state index is 12.0. The van der Waals surface area contributed by atoms with Crippen molar-refractivity contribution in [3.8, 4) is 5.75 Å². The molecule has 140 valence electrons. The molecule has 1 aromatic heterocycles. The highest BCUT2D eigenvalue weighted by Crippen LogP contribution is 2.21. The lowest BCUT2D eigenvalue weighted by Gasteiger charge is -2.06. The lowest BCUT2D eigenvalue weighted by molar-refractivity contribution is -0.117. The number of anilines is 2. The molecule has 26 heavy (non-hydrogen) atoms. The van der Waals surface area contributed by atoms with Gasteiger partial charge in [0.25, 0.3) is 0 Å². The van der Waals surface area contributed by atoms with Crippen LogP contribution in [-0.2, 0) is 15.3 Å². The number of aromatic nitrogens is 1. The number of thiazole rings is 1. The molecule has 0 aliphatic heterocycles. The molecule has 0 aliphatic carbocycles. The average molecular weight is 394 g/mol. The summed E-state index contributed by atoms with van der Waals surface area (Å²) in [4.78, 5) is 28.1. The Morgan fingerprint density at radius 3 is 2.58 bits per heavy atom. The predicted octanol–water partition coefficient (Wildman–Crippen LogP) is 4.01. The highest BCUT2D eigenvalue weighted by atomic mass is 32.2. The quantitative estimate of drug-likeness (QED) is 0.673. The van der Waals surface area contributed by atoms with E-state index in [2.05, 4.69) is 15.6 Å². The van der Waals surface area contributed by atoms with Gasteiger partial charge in [0.05, 0.1) is 18.6 Å². The molecule has 0 spiro atoms. The largest absolute Gasteiger partial charge is 0.497 e. The Balaban J connectivity index is 1.71. The normalized spacial score (nSPS) is 10.6. The second kappa shape index (κ2) is 10.2. The van der Waals surface area contributed by atoms with E-state index in [1.54, 1.807) is 31.4 Å². The zero-order valence-corrected chi connectivity index (χ0v) is 16.7. The molecule has 0 bridgehead atoms. The Hall–Kier alpha value is -2.06. The minimum absolute atomic E-state index is 0.0209. The molecule has 0 fully saturated rings. The third kappa shape index (κ3) is 7.05. The Morgan fingerprint density at radius 2 is 1.92 bits per heavy atom. The number of methoxy groups -OCH3 is 1. The Bertz CT molecular complexity index is 730. The summed E-state index contributed by atoms with van der Waals surface area (Å²) in [7, 11) is 1.60. The summed E-state index contributed by atoms with van der Waals surface area (Å²) in [6, 6.07) is 7.20. The van der Waals surface area contributed by atoms with Crippen LogP contribution < -0.4 is 15.4 Å². The van der Waals surface area contributed by atoms with Gasteiger partial charge in [0.1, 0.15) is 5.75 Å². The minimum Gasteiger partial charge on any atom is -0.497 e. The number of carbonyl (C=O) groups excluding carboxylic acids is 2. The van der Waals surface area contributed by atoms with E-state index in [0.29, 0.717) is 29.0 Å². The first-order valence-electron chi connectivity index (χ1n) is 8.22. The fraction of sp³-hybridized carbons (Fsp3) is 0.389. The summed E-state index contributed by atoms with van der Waals surface area (Å²) in [6.45, 7) is 4.00. The molecular formula is C18H23N3O3S2. The molecule has 2 N–H and O–H groups in total. The molecule has 0 aliphatic rings. The summed E-state index contributed by atoms with van der Waals surface area (Å²) in [6.07, 6.45) is 0.481. The average Bonchev–Trinajstić information content (AvgIpc) is 3.02. The van der Waals surface area contributed by atoms with Gasteiger partial charge in [0, 0.05) is 23.2 Å². The van der Waals surface area contributed by atoms with E-state index in [4.69, 9.17) is 4.74 Å². The number of hydrogen-bond acceptors (Lipinski definition) is 6. The Labute approximate surface area is 161 Å². The number of amides is 2. The van der Waals surface area contributed by atoms with Gasteiger partial charge in [-0.05, 0) is 30.2 Å². The van der Waals surface area contributed by atoms with Gasteiger partial charge in [-0.25, -0.2) is 4.98 Å². The monoisotopic (exact) mass is 393 g/mol. The van der Waals surface area contributed by atoms with Crippen molar-refractivity contribution >= 4 is 45.7 Å². The van der Waals surface area contributed by atoms with E-state index in [0.717, 1.165) is 17.1 Å². The molecule has 2 rings (SSSR count). The summed E-state index contributed by atoms with van der Waals surface area (Å²) in [5.41, 5.74) is 1.59. The van der Waals surface area contributed by atoms with Crippen molar-refractivity contribution in [3.05, 3.63) is 35.3 Å². The fourth-order valence-electron chi connectivity index (χ4n) is 2.09. The molecule has 1 aromatic carbocycles. The van der Waals surface area contributed by atoms with Crippen LogP contribution in [0.3, 0.4) is 0 Å². The molecule has 2 aromatic rings. The predicted molar refractivity (Wildman–Crippen MR) is 108 cm³/mol. The molecule has 2 amide bonds. The van der Waals surface area contributed by atoms with Crippen LogP contribution >= 0.6 is 23.1 Å². The molecule has 0 saturated heterocycles. The second-order valence-electron chi connectivity index (χ2n) is 6.06. The van der Waals surface area contributed by atoms with Gasteiger partial charge in [-0.2, -0.15) is 0 Å². The number of carbonyl (C=O) groups is 2. The van der Waals surface area contributed by atoms with Crippen LogP contribution in [-0.4, -0.2) is 29.7 Å². The van der Waals surface area contributed by atoms with E-state index in [1.165, 1.54) is 23.1 Å². The van der Waals surface area contributed by atoms with Crippen molar-refractivity contribution in [3.63, 3.8) is 0 Å². The van der Waals surface area contributed by atoms with Gasteiger partial charge < -0.3 is 15.4 Å². The number of hydrogen-bond donors (Lipinski definition) is 2. The molecular weight excluding hydrogens is 370 g/mol. The van der Waals surface area contributed by atoms with E-state index >= 15 is 0 Å². The van der Waals surface area contributed by atoms with Crippen molar-refractivity contribution in [2.45, 2.75) is 26.0 Å². The SMILES string of the molecule is COc1ccc(NC(=O)CSCc2csc(NC(=O)CC(C)C)n2)cc1. The minimum atomic E-state index is -0.0687. The van der Waals surface area contributed by atoms with Crippen molar-refractivity contribution in [2.75, 3.05) is 23.5 Å². The molecule has 6 nitrogen and oxygen atoms in total. The number of nitrogens with zero attached hydrogens (tertiary/aromatic N) is 1. The van der Waals surface area contributed by atoms with Crippen molar-refractivity contribution in [1.82, 2.24) is 4.98 Å². The third-order valence-corrected chi connectivity index (χ3v) is 5.02. The van der Waals surface area contributed by atoms with Crippen molar-refractivity contribution < 1.29 is 14.3 Å². The molecule has 0 saturated carbocycles. The van der Waals surface area contributed by atoms with Crippen LogP contribution in [0.5, 0.6) is 5.75 Å². The Kier molecular flexibility index (Phi) is 7.93. The Morgan fingerprint density at radius 1 is 1.19 bits per heavy atom. The van der Waals surface area contributed by atoms with Gasteiger partial charge >= 0.3 is 0 Å². The number of rotatable bonds is 9. The highest BCUT2D eigenvalue weighted by Gasteiger charge is 2.09. The second-order valence-corrected chi connectivity index (χ2v) is 7.90. The van der Waals surface area contributed by atoms with Gasteiger partial charge in [-0.1, -0.05) is 13.8 Å². The van der Waals surface area contributed by atoms with Crippen molar-refractivity contribution in [2.24, 2.45) is 5.92 Å². The summed E-state index contributed by atoms with van der Waals surface area (Å²) in [5, 5.41) is 8.15. The maximum Gasteiger partial charge on any atom is 0.234 e. The molecule has 8 heteroatoms. The van der Waals surface area contributed by atoms with E-state index in [9.17, 15) is 9.59 Å². The number of thioether (sulfide) groups is 1. The zero-order chi connectivity index (χ0) is 18.9.